The third kappa shape index (κ3) is 5.02. The molecule has 3 rings (SSSR count). The number of ether oxygens (including phenoxy) is 1. The van der Waals surface area contributed by atoms with E-state index in [4.69, 9.17) is 16.3 Å². The fourth-order valence-corrected chi connectivity index (χ4v) is 2.47. The summed E-state index contributed by atoms with van der Waals surface area (Å²) in [5.41, 5.74) is 3.64. The van der Waals surface area contributed by atoms with Crippen molar-refractivity contribution in [3.8, 4) is 5.75 Å². The van der Waals surface area contributed by atoms with Crippen LogP contribution in [0.3, 0.4) is 0 Å². The normalized spacial score (nSPS) is 10.6. The summed E-state index contributed by atoms with van der Waals surface area (Å²) in [7, 11) is 0. The quantitative estimate of drug-likeness (QED) is 0.299. The van der Waals surface area contributed by atoms with Gasteiger partial charge in [0.05, 0.1) is 22.4 Å². The van der Waals surface area contributed by atoms with Crippen LogP contribution in [0.15, 0.2) is 77.9 Å². The van der Waals surface area contributed by atoms with Gasteiger partial charge in [0.1, 0.15) is 11.6 Å². The van der Waals surface area contributed by atoms with Gasteiger partial charge in [0, 0.05) is 0 Å². The van der Waals surface area contributed by atoms with E-state index in [1.165, 1.54) is 30.5 Å². The van der Waals surface area contributed by atoms with Gasteiger partial charge in [-0.25, -0.2) is 14.6 Å². The molecule has 0 saturated carbocycles. The van der Waals surface area contributed by atoms with Gasteiger partial charge in [-0.15, -0.1) is 0 Å². The van der Waals surface area contributed by atoms with Crippen LogP contribution in [0.5, 0.6) is 5.75 Å². The maximum Gasteiger partial charge on any atom is 0.343 e. The van der Waals surface area contributed by atoms with Crippen LogP contribution in [0.25, 0.3) is 0 Å². The van der Waals surface area contributed by atoms with Crippen LogP contribution in [-0.4, -0.2) is 18.1 Å². The standard InChI is InChI=1S/C21H14ClFN2O3/c22-19-4-2-1-3-18(19)20(26)25-24-13-14-5-11-17(12-6-14)28-21(27)15-7-9-16(23)10-8-15/h1-13H,(H,25,26)/b24-13-. The topological polar surface area (TPSA) is 67.8 Å². The average molecular weight is 397 g/mol. The maximum absolute atomic E-state index is 12.9. The minimum atomic E-state index is -0.589. The van der Waals surface area contributed by atoms with Gasteiger partial charge >= 0.3 is 5.97 Å². The first-order chi connectivity index (χ1) is 13.5. The van der Waals surface area contributed by atoms with Crippen molar-refractivity contribution >= 4 is 29.7 Å². The first-order valence-electron chi connectivity index (χ1n) is 8.19. The number of hydrazone groups is 1. The summed E-state index contributed by atoms with van der Waals surface area (Å²) in [5.74, 6) is -1.12. The Labute approximate surface area is 165 Å². The molecule has 3 aromatic rings. The second kappa shape index (κ2) is 8.92. The number of amides is 1. The van der Waals surface area contributed by atoms with Gasteiger partial charge in [0.15, 0.2) is 0 Å². The molecular weight excluding hydrogens is 383 g/mol. The van der Waals surface area contributed by atoms with Crippen molar-refractivity contribution in [1.29, 1.82) is 0 Å². The number of rotatable bonds is 5. The second-order valence-electron chi connectivity index (χ2n) is 5.64. The average Bonchev–Trinajstić information content (AvgIpc) is 2.70. The van der Waals surface area contributed by atoms with Crippen molar-refractivity contribution in [3.63, 3.8) is 0 Å². The van der Waals surface area contributed by atoms with Crippen molar-refractivity contribution in [2.45, 2.75) is 0 Å². The van der Waals surface area contributed by atoms with Crippen LogP contribution in [0.1, 0.15) is 26.3 Å². The molecule has 0 aliphatic rings. The predicted molar refractivity (Wildman–Crippen MR) is 104 cm³/mol. The SMILES string of the molecule is O=C(Oc1ccc(/C=N\NC(=O)c2ccccc2Cl)cc1)c1ccc(F)cc1. The molecule has 0 unspecified atom stereocenters. The predicted octanol–water partition coefficient (Wildman–Crippen LogP) is 4.46. The van der Waals surface area contributed by atoms with Crippen molar-refractivity contribution in [2.24, 2.45) is 5.10 Å². The minimum Gasteiger partial charge on any atom is -0.423 e. The number of carbonyl (C=O) groups excluding carboxylic acids is 2. The van der Waals surface area contributed by atoms with Crippen LogP contribution >= 0.6 is 11.6 Å². The van der Waals surface area contributed by atoms with Gasteiger partial charge in [-0.05, 0) is 66.2 Å². The van der Waals surface area contributed by atoms with E-state index in [-0.39, 0.29) is 5.56 Å². The first kappa shape index (κ1) is 19.3. The van der Waals surface area contributed by atoms with E-state index in [9.17, 15) is 14.0 Å². The molecule has 28 heavy (non-hydrogen) atoms. The highest BCUT2D eigenvalue weighted by Crippen LogP contribution is 2.15. The smallest absolute Gasteiger partial charge is 0.343 e. The van der Waals surface area contributed by atoms with E-state index in [2.05, 4.69) is 10.5 Å². The lowest BCUT2D eigenvalue weighted by Crippen LogP contribution is -2.17. The van der Waals surface area contributed by atoms with Crippen molar-refractivity contribution in [2.75, 3.05) is 0 Å². The first-order valence-corrected chi connectivity index (χ1v) is 8.56. The number of halogens is 2. The lowest BCUT2D eigenvalue weighted by molar-refractivity contribution is 0.0734. The highest BCUT2D eigenvalue weighted by molar-refractivity contribution is 6.33. The Hall–Kier alpha value is -3.51. The molecule has 1 N–H and O–H groups in total. The summed E-state index contributed by atoms with van der Waals surface area (Å²) in [5, 5.41) is 4.21. The molecular formula is C21H14ClFN2O3. The number of carbonyl (C=O) groups is 2. The molecule has 0 aliphatic heterocycles. The number of esters is 1. The van der Waals surface area contributed by atoms with Crippen molar-refractivity contribution in [3.05, 3.63) is 100 Å². The van der Waals surface area contributed by atoms with Crippen molar-refractivity contribution < 1.29 is 18.7 Å². The number of hydrogen-bond acceptors (Lipinski definition) is 4. The molecule has 140 valence electrons. The third-order valence-electron chi connectivity index (χ3n) is 3.67. The Kier molecular flexibility index (Phi) is 6.14. The Morgan fingerprint density at radius 2 is 1.64 bits per heavy atom. The minimum absolute atomic E-state index is 0.245. The number of nitrogens with one attached hydrogen (secondary N) is 1. The van der Waals surface area contributed by atoms with Crippen LogP contribution in [0.4, 0.5) is 4.39 Å². The summed E-state index contributed by atoms with van der Waals surface area (Å²) < 4.78 is 18.1. The Bertz CT molecular complexity index is 1020. The summed E-state index contributed by atoms with van der Waals surface area (Å²) in [6.45, 7) is 0. The van der Waals surface area contributed by atoms with Gasteiger partial charge in [-0.2, -0.15) is 5.10 Å². The zero-order valence-electron chi connectivity index (χ0n) is 14.4. The Balaban J connectivity index is 1.57. The molecule has 0 fully saturated rings. The molecule has 0 saturated heterocycles. The molecule has 0 radical (unpaired) electrons. The van der Waals surface area contributed by atoms with Crippen LogP contribution in [0, 0.1) is 5.82 Å². The number of nitrogens with zero attached hydrogens (tertiary/aromatic N) is 1. The molecule has 0 atom stereocenters. The van der Waals surface area contributed by atoms with Crippen LogP contribution in [0.2, 0.25) is 5.02 Å². The van der Waals surface area contributed by atoms with Gasteiger partial charge in [-0.3, -0.25) is 4.79 Å². The zero-order valence-corrected chi connectivity index (χ0v) is 15.2. The molecule has 0 heterocycles. The highest BCUT2D eigenvalue weighted by Gasteiger charge is 2.09. The van der Waals surface area contributed by atoms with E-state index in [1.807, 2.05) is 0 Å². The lowest BCUT2D eigenvalue weighted by Gasteiger charge is -2.05. The van der Waals surface area contributed by atoms with E-state index < -0.39 is 17.7 Å². The van der Waals surface area contributed by atoms with Crippen LogP contribution in [-0.2, 0) is 0 Å². The van der Waals surface area contributed by atoms with Gasteiger partial charge in [0.25, 0.3) is 5.91 Å². The largest absolute Gasteiger partial charge is 0.423 e. The van der Waals surface area contributed by atoms with E-state index in [0.29, 0.717) is 21.9 Å². The van der Waals surface area contributed by atoms with Gasteiger partial charge in [-0.1, -0.05) is 23.7 Å². The Morgan fingerprint density at radius 3 is 2.32 bits per heavy atom. The molecule has 1 amide bonds. The maximum atomic E-state index is 12.9. The number of benzene rings is 3. The molecule has 3 aromatic carbocycles. The lowest BCUT2D eigenvalue weighted by atomic mass is 10.2. The molecule has 0 aliphatic carbocycles. The van der Waals surface area contributed by atoms with Gasteiger partial charge in [0.2, 0.25) is 0 Å². The monoisotopic (exact) mass is 396 g/mol. The summed E-state index contributed by atoms with van der Waals surface area (Å²) in [4.78, 5) is 24.0. The molecule has 5 nitrogen and oxygen atoms in total. The summed E-state index contributed by atoms with van der Waals surface area (Å²) in [6.07, 6.45) is 1.44. The van der Waals surface area contributed by atoms with Gasteiger partial charge < -0.3 is 4.74 Å². The van der Waals surface area contributed by atoms with Crippen molar-refractivity contribution in [1.82, 2.24) is 5.43 Å². The molecule has 7 heteroatoms. The van der Waals surface area contributed by atoms with E-state index in [1.54, 1.807) is 48.5 Å². The fraction of sp³-hybridized carbons (Fsp3) is 0. The Morgan fingerprint density at radius 1 is 0.964 bits per heavy atom. The fourth-order valence-electron chi connectivity index (χ4n) is 2.24. The molecule has 0 aromatic heterocycles. The van der Waals surface area contributed by atoms with E-state index in [0.717, 1.165) is 0 Å². The summed E-state index contributed by atoms with van der Waals surface area (Å²) in [6, 6.07) is 18.2. The third-order valence-corrected chi connectivity index (χ3v) is 4.00. The highest BCUT2D eigenvalue weighted by atomic mass is 35.5. The number of hydrogen-bond donors (Lipinski definition) is 1. The zero-order chi connectivity index (χ0) is 19.9. The molecule has 0 spiro atoms. The van der Waals surface area contributed by atoms with E-state index >= 15 is 0 Å². The summed E-state index contributed by atoms with van der Waals surface area (Å²) >= 11 is 5.95. The molecule has 0 bridgehead atoms. The van der Waals surface area contributed by atoms with Crippen LogP contribution < -0.4 is 10.2 Å². The second-order valence-corrected chi connectivity index (χ2v) is 6.05.